The lowest BCUT2D eigenvalue weighted by atomic mass is 10.1. The number of non-ortho nitro benzene ring substituents is 1. The first-order valence-electron chi connectivity index (χ1n) is 5.92. The van der Waals surface area contributed by atoms with Crippen molar-refractivity contribution in [3.63, 3.8) is 0 Å². The van der Waals surface area contributed by atoms with Gasteiger partial charge in [-0.15, -0.1) is 0 Å². The molecule has 0 radical (unpaired) electrons. The number of aryl methyl sites for hydroxylation is 1. The molecule has 0 heterocycles. The summed E-state index contributed by atoms with van der Waals surface area (Å²) in [6, 6.07) is 12.6. The highest BCUT2D eigenvalue weighted by Gasteiger charge is 2.13. The minimum Gasteiger partial charge on any atom is -0.456 e. The first-order valence-corrected chi connectivity index (χ1v) is 5.92. The average molecular weight is 279 g/mol. The topological polar surface area (TPSA) is 99.9 Å². The first kappa shape index (κ1) is 14.0. The molecule has 2 rings (SSSR count). The van der Waals surface area contributed by atoms with Crippen molar-refractivity contribution in [3.05, 3.63) is 63.2 Å². The molecule has 0 amide bonds. The number of benzene rings is 2. The zero-order valence-corrected chi connectivity index (χ0v) is 11.0. The highest BCUT2D eigenvalue weighted by atomic mass is 16.6. The Hall–Kier alpha value is -3.38. The Labute approximate surface area is 120 Å². The summed E-state index contributed by atoms with van der Waals surface area (Å²) < 4.78 is 5.61. The van der Waals surface area contributed by atoms with Crippen LogP contribution in [0, 0.1) is 39.7 Å². The SMILES string of the molecule is Cc1ccc(C#N)cc1Oc1ccc([N+](=O)[O-])cc1C#N. The van der Waals surface area contributed by atoms with Crippen molar-refractivity contribution in [1.82, 2.24) is 0 Å². The van der Waals surface area contributed by atoms with Gasteiger partial charge in [-0.1, -0.05) is 6.07 Å². The molecule has 102 valence electrons. The van der Waals surface area contributed by atoms with Gasteiger partial charge in [0.15, 0.2) is 0 Å². The van der Waals surface area contributed by atoms with E-state index in [1.165, 1.54) is 12.1 Å². The maximum Gasteiger partial charge on any atom is 0.271 e. The molecular formula is C15H9N3O3. The van der Waals surface area contributed by atoms with Gasteiger partial charge < -0.3 is 4.74 Å². The second-order valence-corrected chi connectivity index (χ2v) is 4.24. The second kappa shape index (κ2) is 5.72. The van der Waals surface area contributed by atoms with E-state index >= 15 is 0 Å². The number of ether oxygens (including phenoxy) is 1. The van der Waals surface area contributed by atoms with Crippen molar-refractivity contribution >= 4 is 5.69 Å². The Balaban J connectivity index is 2.43. The molecule has 0 aliphatic carbocycles. The minimum absolute atomic E-state index is 0.0611. The van der Waals surface area contributed by atoms with E-state index in [-0.39, 0.29) is 17.0 Å². The Morgan fingerprint density at radius 3 is 2.48 bits per heavy atom. The number of rotatable bonds is 3. The maximum absolute atomic E-state index is 10.7. The number of nitriles is 2. The maximum atomic E-state index is 10.7. The Morgan fingerprint density at radius 1 is 1.10 bits per heavy atom. The third-order valence-corrected chi connectivity index (χ3v) is 2.83. The molecule has 0 fully saturated rings. The summed E-state index contributed by atoms with van der Waals surface area (Å²) in [6.07, 6.45) is 0. The van der Waals surface area contributed by atoms with Crippen LogP contribution in [-0.4, -0.2) is 4.92 Å². The predicted molar refractivity (Wildman–Crippen MR) is 73.8 cm³/mol. The lowest BCUT2D eigenvalue weighted by Crippen LogP contribution is -1.94. The van der Waals surface area contributed by atoms with E-state index in [0.717, 1.165) is 11.6 Å². The van der Waals surface area contributed by atoms with Gasteiger partial charge in [-0.3, -0.25) is 10.1 Å². The molecule has 2 aromatic rings. The third-order valence-electron chi connectivity index (χ3n) is 2.83. The highest BCUT2D eigenvalue weighted by molar-refractivity contribution is 5.53. The molecule has 0 bridgehead atoms. The van der Waals surface area contributed by atoms with Crippen LogP contribution in [0.5, 0.6) is 11.5 Å². The van der Waals surface area contributed by atoms with Crippen LogP contribution in [-0.2, 0) is 0 Å². The largest absolute Gasteiger partial charge is 0.456 e. The third kappa shape index (κ3) is 2.96. The lowest BCUT2D eigenvalue weighted by Gasteiger charge is -2.10. The van der Waals surface area contributed by atoms with Gasteiger partial charge in [0.2, 0.25) is 0 Å². The lowest BCUT2D eigenvalue weighted by molar-refractivity contribution is -0.384. The van der Waals surface area contributed by atoms with Crippen molar-refractivity contribution in [3.8, 4) is 23.6 Å². The quantitative estimate of drug-likeness (QED) is 0.632. The summed E-state index contributed by atoms with van der Waals surface area (Å²) in [7, 11) is 0. The minimum atomic E-state index is -0.577. The van der Waals surface area contributed by atoms with Gasteiger partial charge in [-0.25, -0.2) is 0 Å². The molecule has 6 heteroatoms. The zero-order valence-electron chi connectivity index (χ0n) is 11.0. The van der Waals surface area contributed by atoms with E-state index in [2.05, 4.69) is 0 Å². The fourth-order valence-corrected chi connectivity index (χ4v) is 1.71. The smallest absolute Gasteiger partial charge is 0.271 e. The summed E-state index contributed by atoms with van der Waals surface area (Å²) in [4.78, 5) is 10.1. The fourth-order valence-electron chi connectivity index (χ4n) is 1.71. The van der Waals surface area contributed by atoms with Gasteiger partial charge in [0.25, 0.3) is 5.69 Å². The van der Waals surface area contributed by atoms with E-state index in [9.17, 15) is 10.1 Å². The van der Waals surface area contributed by atoms with Crippen LogP contribution < -0.4 is 4.74 Å². The summed E-state index contributed by atoms with van der Waals surface area (Å²) in [5.41, 5.74) is 1.10. The summed E-state index contributed by atoms with van der Waals surface area (Å²) >= 11 is 0. The molecule has 0 saturated heterocycles. The summed E-state index contributed by atoms with van der Waals surface area (Å²) in [6.45, 7) is 1.80. The number of hydrogen-bond acceptors (Lipinski definition) is 5. The predicted octanol–water partition coefficient (Wildman–Crippen LogP) is 3.44. The van der Waals surface area contributed by atoms with Crippen molar-refractivity contribution < 1.29 is 9.66 Å². The number of hydrogen-bond donors (Lipinski definition) is 0. The van der Waals surface area contributed by atoms with E-state index in [1.807, 2.05) is 12.1 Å². The molecule has 0 saturated carbocycles. The number of nitrogens with zero attached hydrogens (tertiary/aromatic N) is 3. The van der Waals surface area contributed by atoms with Crippen LogP contribution in [0.1, 0.15) is 16.7 Å². The van der Waals surface area contributed by atoms with E-state index in [1.54, 1.807) is 25.1 Å². The fraction of sp³-hybridized carbons (Fsp3) is 0.0667. The second-order valence-electron chi connectivity index (χ2n) is 4.24. The normalized spacial score (nSPS) is 9.48. The van der Waals surface area contributed by atoms with Gasteiger partial charge in [0.05, 0.1) is 16.6 Å². The summed E-state index contributed by atoms with van der Waals surface area (Å²) in [5.74, 6) is 0.640. The van der Waals surface area contributed by atoms with Crippen LogP contribution >= 0.6 is 0 Å². The van der Waals surface area contributed by atoms with Crippen LogP contribution in [0.15, 0.2) is 36.4 Å². The molecule has 2 aromatic carbocycles. The van der Waals surface area contributed by atoms with Gasteiger partial charge in [-0.05, 0) is 30.7 Å². The molecule has 0 aromatic heterocycles. The van der Waals surface area contributed by atoms with Crippen molar-refractivity contribution in [1.29, 1.82) is 10.5 Å². The van der Waals surface area contributed by atoms with Gasteiger partial charge >= 0.3 is 0 Å². The van der Waals surface area contributed by atoms with Crippen molar-refractivity contribution in [2.24, 2.45) is 0 Å². The highest BCUT2D eigenvalue weighted by Crippen LogP contribution is 2.30. The summed E-state index contributed by atoms with van der Waals surface area (Å²) in [5, 5.41) is 28.6. The van der Waals surface area contributed by atoms with Crippen LogP contribution in [0.4, 0.5) is 5.69 Å². The van der Waals surface area contributed by atoms with Crippen LogP contribution in [0.3, 0.4) is 0 Å². The van der Waals surface area contributed by atoms with Gasteiger partial charge in [0.1, 0.15) is 23.1 Å². The molecule has 0 aliphatic heterocycles. The van der Waals surface area contributed by atoms with E-state index < -0.39 is 4.92 Å². The van der Waals surface area contributed by atoms with Crippen molar-refractivity contribution in [2.45, 2.75) is 6.92 Å². The first-order chi connectivity index (χ1) is 10.0. The monoisotopic (exact) mass is 279 g/mol. The van der Waals surface area contributed by atoms with Crippen LogP contribution in [0.25, 0.3) is 0 Å². The molecule has 0 N–H and O–H groups in total. The molecule has 0 atom stereocenters. The zero-order chi connectivity index (χ0) is 15.4. The molecule has 0 aliphatic rings. The Morgan fingerprint density at radius 2 is 1.86 bits per heavy atom. The van der Waals surface area contributed by atoms with E-state index in [0.29, 0.717) is 11.3 Å². The van der Waals surface area contributed by atoms with Crippen molar-refractivity contribution in [2.75, 3.05) is 0 Å². The molecular weight excluding hydrogens is 270 g/mol. The Bertz CT molecular complexity index is 801. The van der Waals surface area contributed by atoms with Gasteiger partial charge in [0, 0.05) is 12.1 Å². The van der Waals surface area contributed by atoms with E-state index in [4.69, 9.17) is 15.3 Å². The van der Waals surface area contributed by atoms with Crippen LogP contribution in [0.2, 0.25) is 0 Å². The Kier molecular flexibility index (Phi) is 3.83. The number of nitro benzene ring substituents is 1. The number of nitro groups is 1. The molecule has 21 heavy (non-hydrogen) atoms. The van der Waals surface area contributed by atoms with Gasteiger partial charge in [-0.2, -0.15) is 10.5 Å². The standard InChI is InChI=1S/C15H9N3O3/c1-10-2-3-11(8-16)6-15(10)21-14-5-4-13(18(19)20)7-12(14)9-17/h2-7H,1H3. The molecule has 0 unspecified atom stereocenters. The average Bonchev–Trinajstić information content (AvgIpc) is 2.49. The molecule has 0 spiro atoms. The molecule has 6 nitrogen and oxygen atoms in total.